The summed E-state index contributed by atoms with van der Waals surface area (Å²) in [4.78, 5) is 13.9. The lowest BCUT2D eigenvalue weighted by Gasteiger charge is -2.15. The van der Waals surface area contributed by atoms with Gasteiger partial charge < -0.3 is 20.4 Å². The number of benzene rings is 1. The molecule has 21 heavy (non-hydrogen) atoms. The van der Waals surface area contributed by atoms with E-state index in [1.807, 2.05) is 29.2 Å². The Balaban J connectivity index is 1.75. The second-order valence-electron chi connectivity index (χ2n) is 5.50. The SMILES string of the molecule is O=C(CCc1ccc(NCC(O)CO)cc1)N1CCCC1. The molecule has 0 spiro atoms. The van der Waals surface area contributed by atoms with Crippen LogP contribution in [0.4, 0.5) is 5.69 Å². The molecule has 1 saturated heterocycles. The molecule has 1 fully saturated rings. The van der Waals surface area contributed by atoms with E-state index >= 15 is 0 Å². The summed E-state index contributed by atoms with van der Waals surface area (Å²) in [5.74, 6) is 0.251. The normalized spacial score (nSPS) is 16.0. The number of carbonyl (C=O) groups is 1. The molecule has 0 aromatic heterocycles. The number of amides is 1. The van der Waals surface area contributed by atoms with Crippen LogP contribution in [0, 0.1) is 0 Å². The first kappa shape index (κ1) is 15.8. The molecular weight excluding hydrogens is 268 g/mol. The van der Waals surface area contributed by atoms with Crippen molar-refractivity contribution in [2.75, 3.05) is 31.6 Å². The topological polar surface area (TPSA) is 72.8 Å². The van der Waals surface area contributed by atoms with Crippen LogP contribution in [0.3, 0.4) is 0 Å². The molecule has 5 nitrogen and oxygen atoms in total. The highest BCUT2D eigenvalue weighted by molar-refractivity contribution is 5.76. The number of aliphatic hydroxyl groups excluding tert-OH is 2. The van der Waals surface area contributed by atoms with Crippen molar-refractivity contribution in [2.45, 2.75) is 31.8 Å². The first-order valence-electron chi connectivity index (χ1n) is 7.58. The van der Waals surface area contributed by atoms with E-state index in [0.717, 1.165) is 43.6 Å². The van der Waals surface area contributed by atoms with Crippen molar-refractivity contribution in [1.29, 1.82) is 0 Å². The van der Waals surface area contributed by atoms with Crippen molar-refractivity contribution in [3.63, 3.8) is 0 Å². The van der Waals surface area contributed by atoms with Gasteiger partial charge in [-0.1, -0.05) is 12.1 Å². The number of likely N-dealkylation sites (tertiary alicyclic amines) is 1. The van der Waals surface area contributed by atoms with Crippen molar-refractivity contribution in [2.24, 2.45) is 0 Å². The van der Waals surface area contributed by atoms with Crippen molar-refractivity contribution >= 4 is 11.6 Å². The largest absolute Gasteiger partial charge is 0.394 e. The van der Waals surface area contributed by atoms with Gasteiger partial charge in [-0.05, 0) is 37.0 Å². The molecule has 1 aromatic rings. The van der Waals surface area contributed by atoms with Gasteiger partial charge in [0, 0.05) is 31.7 Å². The molecule has 0 saturated carbocycles. The molecule has 116 valence electrons. The number of anilines is 1. The average Bonchev–Trinajstić information content (AvgIpc) is 3.05. The molecule has 1 atom stereocenters. The zero-order valence-electron chi connectivity index (χ0n) is 12.3. The van der Waals surface area contributed by atoms with Gasteiger partial charge in [0.15, 0.2) is 0 Å². The van der Waals surface area contributed by atoms with Gasteiger partial charge in [0.05, 0.1) is 12.7 Å². The molecule has 0 radical (unpaired) electrons. The van der Waals surface area contributed by atoms with Crippen LogP contribution >= 0.6 is 0 Å². The van der Waals surface area contributed by atoms with Gasteiger partial charge in [0.25, 0.3) is 0 Å². The zero-order chi connectivity index (χ0) is 15.1. The van der Waals surface area contributed by atoms with E-state index < -0.39 is 6.10 Å². The second kappa shape index (κ2) is 8.00. The molecule has 1 unspecified atom stereocenters. The minimum atomic E-state index is -0.747. The van der Waals surface area contributed by atoms with Gasteiger partial charge in [0.1, 0.15) is 0 Å². The van der Waals surface area contributed by atoms with Crippen LogP contribution in [-0.2, 0) is 11.2 Å². The third-order valence-corrected chi connectivity index (χ3v) is 3.79. The number of carbonyl (C=O) groups excluding carboxylic acids is 1. The Labute approximate surface area is 125 Å². The lowest BCUT2D eigenvalue weighted by molar-refractivity contribution is -0.130. The number of nitrogens with one attached hydrogen (secondary N) is 1. The van der Waals surface area contributed by atoms with E-state index in [2.05, 4.69) is 5.32 Å². The maximum Gasteiger partial charge on any atom is 0.222 e. The van der Waals surface area contributed by atoms with E-state index in [1.165, 1.54) is 0 Å². The van der Waals surface area contributed by atoms with Crippen LogP contribution in [0.2, 0.25) is 0 Å². The number of hydrogen-bond acceptors (Lipinski definition) is 4. The summed E-state index contributed by atoms with van der Waals surface area (Å²) in [5, 5.41) is 21.1. The number of aliphatic hydroxyl groups is 2. The number of aryl methyl sites for hydroxylation is 1. The fraction of sp³-hybridized carbons (Fsp3) is 0.562. The molecule has 2 rings (SSSR count). The first-order chi connectivity index (χ1) is 10.2. The highest BCUT2D eigenvalue weighted by Crippen LogP contribution is 2.13. The molecule has 1 aliphatic heterocycles. The summed E-state index contributed by atoms with van der Waals surface area (Å²) in [6.45, 7) is 1.90. The molecule has 1 aromatic carbocycles. The molecule has 5 heteroatoms. The van der Waals surface area contributed by atoms with Gasteiger partial charge in [0.2, 0.25) is 5.91 Å². The van der Waals surface area contributed by atoms with Crippen LogP contribution in [0.1, 0.15) is 24.8 Å². The summed E-state index contributed by atoms with van der Waals surface area (Å²) in [6.07, 6.45) is 2.84. The number of nitrogens with zero attached hydrogens (tertiary/aromatic N) is 1. The fourth-order valence-corrected chi connectivity index (χ4v) is 2.47. The van der Waals surface area contributed by atoms with E-state index in [-0.39, 0.29) is 12.5 Å². The van der Waals surface area contributed by atoms with Gasteiger partial charge >= 0.3 is 0 Å². The molecule has 3 N–H and O–H groups in total. The summed E-state index contributed by atoms with van der Waals surface area (Å²) >= 11 is 0. The number of hydrogen-bond donors (Lipinski definition) is 3. The third kappa shape index (κ3) is 5.02. The minimum absolute atomic E-state index is 0.246. The van der Waals surface area contributed by atoms with Crippen molar-refractivity contribution in [1.82, 2.24) is 4.90 Å². The highest BCUT2D eigenvalue weighted by Gasteiger charge is 2.17. The predicted molar refractivity (Wildman–Crippen MR) is 82.2 cm³/mol. The molecular formula is C16H24N2O3. The summed E-state index contributed by atoms with van der Waals surface area (Å²) in [7, 11) is 0. The van der Waals surface area contributed by atoms with Crippen LogP contribution in [0.25, 0.3) is 0 Å². The zero-order valence-corrected chi connectivity index (χ0v) is 12.3. The van der Waals surface area contributed by atoms with E-state index in [1.54, 1.807) is 0 Å². The molecule has 1 aliphatic rings. The quantitative estimate of drug-likeness (QED) is 0.701. The minimum Gasteiger partial charge on any atom is -0.394 e. The Kier molecular flexibility index (Phi) is 6.02. The Bertz CT molecular complexity index is 441. The predicted octanol–water partition coefficient (Wildman–Crippen LogP) is 1.01. The van der Waals surface area contributed by atoms with Crippen molar-refractivity contribution < 1.29 is 15.0 Å². The lowest BCUT2D eigenvalue weighted by Crippen LogP contribution is -2.27. The smallest absolute Gasteiger partial charge is 0.222 e. The summed E-state index contributed by atoms with van der Waals surface area (Å²) in [6, 6.07) is 7.84. The van der Waals surface area contributed by atoms with E-state index in [4.69, 9.17) is 5.11 Å². The second-order valence-corrected chi connectivity index (χ2v) is 5.50. The third-order valence-electron chi connectivity index (χ3n) is 3.79. The van der Waals surface area contributed by atoms with Gasteiger partial charge in [-0.25, -0.2) is 0 Å². The fourth-order valence-electron chi connectivity index (χ4n) is 2.47. The Morgan fingerprint density at radius 3 is 2.52 bits per heavy atom. The van der Waals surface area contributed by atoms with Gasteiger partial charge in [-0.2, -0.15) is 0 Å². The van der Waals surface area contributed by atoms with Crippen LogP contribution in [0.15, 0.2) is 24.3 Å². The molecule has 1 amide bonds. The molecule has 0 bridgehead atoms. The maximum absolute atomic E-state index is 12.0. The standard InChI is InChI=1S/C16H24N2O3/c19-12-15(20)11-17-14-6-3-13(4-7-14)5-8-16(21)18-9-1-2-10-18/h3-4,6-7,15,17,19-20H,1-2,5,8-12H2. The van der Waals surface area contributed by atoms with Gasteiger partial charge in [-0.3, -0.25) is 4.79 Å². The monoisotopic (exact) mass is 292 g/mol. The highest BCUT2D eigenvalue weighted by atomic mass is 16.3. The molecule has 0 aliphatic carbocycles. The average molecular weight is 292 g/mol. The van der Waals surface area contributed by atoms with Crippen LogP contribution in [-0.4, -0.2) is 53.4 Å². The van der Waals surface area contributed by atoms with Crippen LogP contribution < -0.4 is 5.32 Å². The van der Waals surface area contributed by atoms with Crippen molar-refractivity contribution in [3.8, 4) is 0 Å². The maximum atomic E-state index is 12.0. The molecule has 1 heterocycles. The van der Waals surface area contributed by atoms with E-state index in [0.29, 0.717) is 13.0 Å². The first-order valence-corrected chi connectivity index (χ1v) is 7.58. The Hall–Kier alpha value is -1.59. The summed E-state index contributed by atoms with van der Waals surface area (Å²) < 4.78 is 0. The van der Waals surface area contributed by atoms with Crippen molar-refractivity contribution in [3.05, 3.63) is 29.8 Å². The van der Waals surface area contributed by atoms with Gasteiger partial charge in [-0.15, -0.1) is 0 Å². The number of rotatable bonds is 7. The van der Waals surface area contributed by atoms with E-state index in [9.17, 15) is 9.90 Å². The Morgan fingerprint density at radius 1 is 1.24 bits per heavy atom. The summed E-state index contributed by atoms with van der Waals surface area (Å²) in [5.41, 5.74) is 2.04. The lowest BCUT2D eigenvalue weighted by atomic mass is 10.1. The Morgan fingerprint density at radius 2 is 1.90 bits per heavy atom. The van der Waals surface area contributed by atoms with Crippen LogP contribution in [0.5, 0.6) is 0 Å².